The Morgan fingerprint density at radius 3 is 2.67 bits per heavy atom. The highest BCUT2D eigenvalue weighted by atomic mass is 79.9. The van der Waals surface area contributed by atoms with Crippen molar-refractivity contribution in [3.05, 3.63) is 69.2 Å². The molecule has 27 heavy (non-hydrogen) atoms. The molecule has 2 heterocycles. The van der Waals surface area contributed by atoms with Gasteiger partial charge < -0.3 is 14.8 Å². The van der Waals surface area contributed by atoms with Gasteiger partial charge in [0.05, 0.1) is 18.5 Å². The average Bonchev–Trinajstić information content (AvgIpc) is 2.68. The number of aromatic nitrogens is 3. The van der Waals surface area contributed by atoms with E-state index in [0.717, 1.165) is 11.3 Å². The normalized spacial score (nSPS) is 10.5. The average molecular weight is 431 g/mol. The Bertz CT molecular complexity index is 973. The fourth-order valence-electron chi connectivity index (χ4n) is 2.34. The lowest BCUT2D eigenvalue weighted by Crippen LogP contribution is -2.21. The topological polar surface area (TPSA) is 78.3 Å². The van der Waals surface area contributed by atoms with E-state index in [2.05, 4.69) is 31.3 Å². The zero-order chi connectivity index (χ0) is 19.2. The fourth-order valence-corrected chi connectivity index (χ4v) is 2.84. The maximum Gasteiger partial charge on any atom is 0.282 e. The van der Waals surface area contributed by atoms with Crippen molar-refractivity contribution in [2.75, 3.05) is 11.9 Å². The Morgan fingerprint density at radius 1 is 1.19 bits per heavy atom. The molecule has 140 valence electrons. The molecular weight excluding hydrogens is 412 g/mol. The first kappa shape index (κ1) is 18.9. The third-order valence-electron chi connectivity index (χ3n) is 3.72. The number of anilines is 1. The molecule has 0 bridgehead atoms. The number of benzene rings is 1. The summed E-state index contributed by atoms with van der Waals surface area (Å²) in [5.74, 6) is 1.96. The van der Waals surface area contributed by atoms with Crippen LogP contribution in [-0.2, 0) is 13.6 Å². The summed E-state index contributed by atoms with van der Waals surface area (Å²) in [7, 11) is 1.60. The first-order chi connectivity index (χ1) is 13.1. The van der Waals surface area contributed by atoms with Crippen molar-refractivity contribution in [3.63, 3.8) is 0 Å². The van der Waals surface area contributed by atoms with E-state index in [1.54, 1.807) is 19.4 Å². The van der Waals surface area contributed by atoms with E-state index >= 15 is 0 Å². The van der Waals surface area contributed by atoms with Gasteiger partial charge in [-0.15, -0.1) is 0 Å². The summed E-state index contributed by atoms with van der Waals surface area (Å²) >= 11 is 3.30. The number of nitrogens with one attached hydrogen (secondary N) is 1. The van der Waals surface area contributed by atoms with Crippen molar-refractivity contribution in [3.8, 4) is 17.4 Å². The summed E-state index contributed by atoms with van der Waals surface area (Å²) in [6.45, 7) is 3.06. The largest absolute Gasteiger partial charge is 0.494 e. The first-order valence-electron chi connectivity index (χ1n) is 8.38. The smallest absolute Gasteiger partial charge is 0.282 e. The van der Waals surface area contributed by atoms with Gasteiger partial charge in [-0.2, -0.15) is 5.10 Å². The highest BCUT2D eigenvalue weighted by Crippen LogP contribution is 2.23. The van der Waals surface area contributed by atoms with Crippen molar-refractivity contribution in [1.29, 1.82) is 0 Å². The summed E-state index contributed by atoms with van der Waals surface area (Å²) in [6.07, 6.45) is 3.28. The third-order valence-corrected chi connectivity index (χ3v) is 4.48. The molecule has 0 spiro atoms. The predicted molar refractivity (Wildman–Crippen MR) is 106 cm³/mol. The molecule has 0 fully saturated rings. The van der Waals surface area contributed by atoms with Gasteiger partial charge in [-0.05, 0) is 58.7 Å². The summed E-state index contributed by atoms with van der Waals surface area (Å²) in [4.78, 5) is 16.1. The zero-order valence-electron chi connectivity index (χ0n) is 15.0. The van der Waals surface area contributed by atoms with E-state index in [1.165, 1.54) is 4.68 Å². The van der Waals surface area contributed by atoms with Crippen LogP contribution in [0.1, 0.15) is 12.5 Å². The molecule has 8 heteroatoms. The molecular formula is C19H19BrN4O3. The van der Waals surface area contributed by atoms with Gasteiger partial charge in [0.15, 0.2) is 0 Å². The van der Waals surface area contributed by atoms with E-state index in [1.807, 2.05) is 43.3 Å². The van der Waals surface area contributed by atoms with Gasteiger partial charge in [-0.25, -0.2) is 9.67 Å². The Labute approximate surface area is 165 Å². The lowest BCUT2D eigenvalue weighted by atomic mass is 10.2. The monoisotopic (exact) mass is 430 g/mol. The van der Waals surface area contributed by atoms with Gasteiger partial charge in [-0.1, -0.05) is 0 Å². The van der Waals surface area contributed by atoms with Crippen LogP contribution in [0.4, 0.5) is 5.69 Å². The predicted octanol–water partition coefficient (Wildman–Crippen LogP) is 3.74. The van der Waals surface area contributed by atoms with Crippen molar-refractivity contribution in [2.24, 2.45) is 7.05 Å². The molecule has 2 aromatic heterocycles. The second-order valence-corrected chi connectivity index (χ2v) is 6.46. The van der Waals surface area contributed by atoms with Crippen molar-refractivity contribution < 1.29 is 9.47 Å². The summed E-state index contributed by atoms with van der Waals surface area (Å²) in [6, 6.07) is 11.1. The van der Waals surface area contributed by atoms with Crippen LogP contribution in [0, 0.1) is 0 Å². The summed E-state index contributed by atoms with van der Waals surface area (Å²) in [5, 5.41) is 7.20. The third kappa shape index (κ3) is 4.85. The number of hydrogen-bond acceptors (Lipinski definition) is 6. The van der Waals surface area contributed by atoms with E-state index in [4.69, 9.17) is 9.47 Å². The molecule has 7 nitrogen and oxygen atoms in total. The number of ether oxygens (including phenoxy) is 2. The summed E-state index contributed by atoms with van der Waals surface area (Å²) in [5.41, 5.74) is 1.39. The van der Waals surface area contributed by atoms with Gasteiger partial charge in [0.1, 0.15) is 16.0 Å². The maximum atomic E-state index is 11.9. The minimum Gasteiger partial charge on any atom is -0.494 e. The second-order valence-electron chi connectivity index (χ2n) is 5.66. The molecule has 0 saturated carbocycles. The molecule has 0 radical (unpaired) electrons. The van der Waals surface area contributed by atoms with Crippen LogP contribution in [0.5, 0.6) is 17.4 Å². The van der Waals surface area contributed by atoms with Gasteiger partial charge >= 0.3 is 0 Å². The fraction of sp³-hybridized carbons (Fsp3) is 0.211. The van der Waals surface area contributed by atoms with Gasteiger partial charge in [0.2, 0.25) is 5.88 Å². The standard InChI is InChI=1S/C19H19BrN4O3/c1-3-26-14-4-6-15(7-5-14)27-17-10-13(8-9-21-17)11-22-16-12-23-24(2)19(25)18(16)20/h4-10,12,22H,3,11H2,1-2H3. The van der Waals surface area contributed by atoms with E-state index in [0.29, 0.717) is 34.9 Å². The van der Waals surface area contributed by atoms with Gasteiger partial charge in [0.25, 0.3) is 5.56 Å². The van der Waals surface area contributed by atoms with E-state index in [9.17, 15) is 4.79 Å². The van der Waals surface area contributed by atoms with Crippen molar-refractivity contribution in [1.82, 2.24) is 14.8 Å². The molecule has 0 aliphatic rings. The number of nitrogens with zero attached hydrogens (tertiary/aromatic N) is 3. The minimum absolute atomic E-state index is 0.200. The van der Waals surface area contributed by atoms with Crippen LogP contribution in [0.3, 0.4) is 0 Å². The van der Waals surface area contributed by atoms with Crippen molar-refractivity contribution in [2.45, 2.75) is 13.5 Å². The highest BCUT2D eigenvalue weighted by molar-refractivity contribution is 9.10. The Balaban J connectivity index is 1.67. The number of aryl methyl sites for hydroxylation is 1. The number of hydrogen-bond donors (Lipinski definition) is 1. The Kier molecular flexibility index (Phi) is 6.08. The van der Waals surface area contributed by atoms with Crippen LogP contribution in [0.2, 0.25) is 0 Å². The van der Waals surface area contributed by atoms with Crippen molar-refractivity contribution >= 4 is 21.6 Å². The molecule has 0 saturated heterocycles. The Hall–Kier alpha value is -2.87. The quantitative estimate of drug-likeness (QED) is 0.614. The molecule has 3 rings (SSSR count). The molecule has 1 N–H and O–H groups in total. The lowest BCUT2D eigenvalue weighted by molar-refractivity contribution is 0.339. The SMILES string of the molecule is CCOc1ccc(Oc2cc(CNc3cnn(C)c(=O)c3Br)ccn2)cc1. The highest BCUT2D eigenvalue weighted by Gasteiger charge is 2.07. The van der Waals surface area contributed by atoms with E-state index < -0.39 is 0 Å². The van der Waals surface area contributed by atoms with Crippen LogP contribution < -0.4 is 20.3 Å². The number of halogens is 1. The maximum absolute atomic E-state index is 11.9. The molecule has 1 aromatic carbocycles. The van der Waals surface area contributed by atoms with E-state index in [-0.39, 0.29) is 5.56 Å². The molecule has 3 aromatic rings. The molecule has 0 aliphatic carbocycles. The molecule has 0 atom stereocenters. The lowest BCUT2D eigenvalue weighted by Gasteiger charge is -2.10. The number of pyridine rings is 1. The molecule has 0 aliphatic heterocycles. The van der Waals surface area contributed by atoms with Gasteiger partial charge in [0, 0.05) is 25.9 Å². The van der Waals surface area contributed by atoms with Crippen LogP contribution in [-0.4, -0.2) is 21.4 Å². The van der Waals surface area contributed by atoms with Gasteiger partial charge in [-0.3, -0.25) is 4.79 Å². The van der Waals surface area contributed by atoms with Crippen LogP contribution in [0.25, 0.3) is 0 Å². The summed E-state index contributed by atoms with van der Waals surface area (Å²) < 4.78 is 12.9. The molecule has 0 amide bonds. The molecule has 0 unspecified atom stereocenters. The van der Waals surface area contributed by atoms with Crippen LogP contribution >= 0.6 is 15.9 Å². The minimum atomic E-state index is -0.200. The van der Waals surface area contributed by atoms with Crippen LogP contribution in [0.15, 0.2) is 58.1 Å². The number of rotatable bonds is 7. The first-order valence-corrected chi connectivity index (χ1v) is 9.17. The second kappa shape index (κ2) is 8.68. The Morgan fingerprint density at radius 2 is 1.93 bits per heavy atom. The zero-order valence-corrected chi connectivity index (χ0v) is 16.6.